The van der Waals surface area contributed by atoms with Crippen LogP contribution < -0.4 is 4.74 Å². The normalized spacial score (nSPS) is 9.59. The summed E-state index contributed by atoms with van der Waals surface area (Å²) in [5, 5.41) is 0. The number of carbonyl (C=O) groups is 1. The maximum atomic E-state index is 11.4. The van der Waals surface area contributed by atoms with Crippen LogP contribution in [0.3, 0.4) is 0 Å². The number of esters is 1. The van der Waals surface area contributed by atoms with Crippen molar-refractivity contribution >= 4 is 21.9 Å². The van der Waals surface area contributed by atoms with Crippen molar-refractivity contribution in [1.29, 1.82) is 0 Å². The average molecular weight is 299 g/mol. The number of halogens is 1. The maximum Gasteiger partial charge on any atom is 0.345 e. The van der Waals surface area contributed by atoms with E-state index in [-0.39, 0.29) is 12.6 Å². The van der Waals surface area contributed by atoms with Crippen LogP contribution in [-0.4, -0.2) is 19.2 Å². The number of hydrogen-bond acceptors (Lipinski definition) is 3. The van der Waals surface area contributed by atoms with E-state index >= 15 is 0 Å². The van der Waals surface area contributed by atoms with E-state index in [1.54, 1.807) is 0 Å². The highest BCUT2D eigenvalue weighted by Crippen LogP contribution is 2.13. The molecule has 0 N–H and O–H groups in total. The Morgan fingerprint density at radius 2 is 1.82 bits per heavy atom. The highest BCUT2D eigenvalue weighted by molar-refractivity contribution is 9.12. The summed E-state index contributed by atoms with van der Waals surface area (Å²) in [5.74, 6) is 0.409. The average Bonchev–Trinajstić information content (AvgIpc) is 2.34. The van der Waals surface area contributed by atoms with E-state index in [4.69, 9.17) is 9.47 Å². The van der Waals surface area contributed by atoms with Gasteiger partial charge in [-0.05, 0) is 41.9 Å². The van der Waals surface area contributed by atoms with Crippen LogP contribution >= 0.6 is 15.9 Å². The molecule has 0 bridgehead atoms. The van der Waals surface area contributed by atoms with Gasteiger partial charge >= 0.3 is 5.97 Å². The molecule has 0 atom stereocenters. The third kappa shape index (κ3) is 5.04. The van der Waals surface area contributed by atoms with Crippen LogP contribution in [0, 0.1) is 0 Å². The van der Waals surface area contributed by atoms with Crippen molar-refractivity contribution in [3.8, 4) is 5.75 Å². The monoisotopic (exact) mass is 298 g/mol. The van der Waals surface area contributed by atoms with Gasteiger partial charge in [-0.15, -0.1) is 0 Å². The van der Waals surface area contributed by atoms with Gasteiger partial charge in [0.15, 0.2) is 0 Å². The number of carbonyl (C=O) groups excluding carboxylic acids is 1. The molecule has 0 spiro atoms. The van der Waals surface area contributed by atoms with E-state index in [9.17, 15) is 4.79 Å². The Labute approximate surface area is 110 Å². The summed E-state index contributed by atoms with van der Waals surface area (Å²) in [6.07, 6.45) is 0. The van der Waals surface area contributed by atoms with Gasteiger partial charge in [-0.3, -0.25) is 0 Å². The second-order valence-corrected chi connectivity index (χ2v) is 4.40. The number of hydrogen-bond donors (Lipinski definition) is 0. The number of allylic oxidation sites excluding steroid dienone is 1. The smallest absolute Gasteiger partial charge is 0.345 e. The Bertz CT molecular complexity index is 394. The van der Waals surface area contributed by atoms with E-state index in [0.717, 1.165) is 11.3 Å². The molecule has 0 saturated carbocycles. The summed E-state index contributed by atoms with van der Waals surface area (Å²) < 4.78 is 10.9. The Morgan fingerprint density at radius 1 is 1.18 bits per heavy atom. The number of ether oxygens (including phenoxy) is 2. The minimum atomic E-state index is -0.360. The van der Waals surface area contributed by atoms with Gasteiger partial charge < -0.3 is 9.47 Å². The molecule has 0 aliphatic rings. The zero-order valence-corrected chi connectivity index (χ0v) is 11.5. The molecule has 0 radical (unpaired) electrons. The van der Waals surface area contributed by atoms with Gasteiger partial charge in [-0.1, -0.05) is 23.8 Å². The third-order valence-electron chi connectivity index (χ3n) is 1.95. The summed E-state index contributed by atoms with van der Waals surface area (Å²) in [4.78, 5) is 11.4. The highest BCUT2D eigenvalue weighted by Gasteiger charge is 2.08. The zero-order valence-electron chi connectivity index (χ0n) is 9.90. The lowest BCUT2D eigenvalue weighted by Gasteiger charge is -2.07. The lowest BCUT2D eigenvalue weighted by molar-refractivity contribution is -0.138. The lowest BCUT2D eigenvalue weighted by atomic mass is 10.3. The van der Waals surface area contributed by atoms with Gasteiger partial charge in [-0.25, -0.2) is 4.79 Å². The largest absolute Gasteiger partial charge is 0.490 e. The Morgan fingerprint density at radius 3 is 2.41 bits per heavy atom. The molecule has 1 aromatic rings. The fourth-order valence-electron chi connectivity index (χ4n) is 1.08. The van der Waals surface area contributed by atoms with Gasteiger partial charge in [0.2, 0.25) is 0 Å². The van der Waals surface area contributed by atoms with Crippen LogP contribution in [0.25, 0.3) is 0 Å². The molecule has 1 aromatic carbocycles. The van der Waals surface area contributed by atoms with Gasteiger partial charge in [0, 0.05) is 0 Å². The van der Waals surface area contributed by atoms with E-state index in [1.165, 1.54) is 0 Å². The SMILES string of the molecule is CC(C)=C(Br)C(=O)OCCOc1ccccc1. The Hall–Kier alpha value is -1.29. The van der Waals surface area contributed by atoms with Crippen molar-refractivity contribution < 1.29 is 14.3 Å². The molecule has 0 heterocycles. The van der Waals surface area contributed by atoms with Crippen LogP contribution in [0.2, 0.25) is 0 Å². The molecule has 17 heavy (non-hydrogen) atoms. The summed E-state index contributed by atoms with van der Waals surface area (Å²) in [5.41, 5.74) is 0.888. The summed E-state index contributed by atoms with van der Waals surface area (Å²) in [7, 11) is 0. The molecular formula is C13H15BrO3. The standard InChI is InChI=1S/C13H15BrO3/c1-10(2)12(14)13(15)17-9-8-16-11-6-4-3-5-7-11/h3-7H,8-9H2,1-2H3. The van der Waals surface area contributed by atoms with Crippen LogP contribution in [0.1, 0.15) is 13.8 Å². The molecule has 4 heteroatoms. The van der Waals surface area contributed by atoms with E-state index in [1.807, 2.05) is 44.2 Å². The van der Waals surface area contributed by atoms with E-state index < -0.39 is 0 Å². The van der Waals surface area contributed by atoms with Gasteiger partial charge in [-0.2, -0.15) is 0 Å². The topological polar surface area (TPSA) is 35.5 Å². The first kappa shape index (κ1) is 13.8. The summed E-state index contributed by atoms with van der Waals surface area (Å²) in [6, 6.07) is 9.41. The van der Waals surface area contributed by atoms with Crippen LogP contribution in [0.15, 0.2) is 40.4 Å². The fraction of sp³-hybridized carbons (Fsp3) is 0.308. The predicted molar refractivity (Wildman–Crippen MR) is 70.2 cm³/mol. The van der Waals surface area contributed by atoms with Crippen molar-refractivity contribution in [3.63, 3.8) is 0 Å². The second kappa shape index (κ2) is 7.12. The lowest BCUT2D eigenvalue weighted by Crippen LogP contribution is -2.12. The minimum Gasteiger partial charge on any atom is -0.490 e. The molecule has 0 amide bonds. The van der Waals surface area contributed by atoms with Gasteiger partial charge in [0.05, 0.1) is 0 Å². The van der Waals surface area contributed by atoms with Crippen LogP contribution in [0.5, 0.6) is 5.75 Å². The minimum absolute atomic E-state index is 0.232. The van der Waals surface area contributed by atoms with Crippen molar-refractivity contribution in [2.75, 3.05) is 13.2 Å². The van der Waals surface area contributed by atoms with Gasteiger partial charge in [0.1, 0.15) is 23.4 Å². The quantitative estimate of drug-likeness (QED) is 0.475. The fourth-order valence-corrected chi connectivity index (χ4v) is 1.19. The van der Waals surface area contributed by atoms with Crippen molar-refractivity contribution in [3.05, 3.63) is 40.4 Å². The molecule has 0 fully saturated rings. The second-order valence-electron chi connectivity index (χ2n) is 3.61. The Kier molecular flexibility index (Phi) is 5.77. The molecule has 0 aliphatic carbocycles. The molecule has 3 nitrogen and oxygen atoms in total. The summed E-state index contributed by atoms with van der Waals surface area (Å²) >= 11 is 3.17. The summed E-state index contributed by atoms with van der Waals surface area (Å²) in [6.45, 7) is 4.26. The first-order valence-corrected chi connectivity index (χ1v) is 6.08. The molecule has 1 rings (SSSR count). The Balaban J connectivity index is 2.26. The van der Waals surface area contributed by atoms with Crippen LogP contribution in [0.4, 0.5) is 0 Å². The van der Waals surface area contributed by atoms with E-state index in [2.05, 4.69) is 15.9 Å². The molecule has 0 saturated heterocycles. The third-order valence-corrected chi connectivity index (χ3v) is 3.06. The van der Waals surface area contributed by atoms with Crippen LogP contribution in [-0.2, 0) is 9.53 Å². The molecule has 92 valence electrons. The molecule has 0 aliphatic heterocycles. The van der Waals surface area contributed by atoms with Crippen molar-refractivity contribution in [2.24, 2.45) is 0 Å². The predicted octanol–water partition coefficient (Wildman–Crippen LogP) is 3.30. The molecule has 0 aromatic heterocycles. The number of benzene rings is 1. The van der Waals surface area contributed by atoms with Crippen molar-refractivity contribution in [1.82, 2.24) is 0 Å². The molecular weight excluding hydrogens is 284 g/mol. The maximum absolute atomic E-state index is 11.4. The van der Waals surface area contributed by atoms with Crippen molar-refractivity contribution in [2.45, 2.75) is 13.8 Å². The van der Waals surface area contributed by atoms with E-state index in [0.29, 0.717) is 11.1 Å². The highest BCUT2D eigenvalue weighted by atomic mass is 79.9. The first-order chi connectivity index (χ1) is 8.11. The molecule has 0 unspecified atom stereocenters. The van der Waals surface area contributed by atoms with Gasteiger partial charge in [0.25, 0.3) is 0 Å². The first-order valence-electron chi connectivity index (χ1n) is 5.29. The zero-order chi connectivity index (χ0) is 12.7. The number of rotatable bonds is 5. The number of para-hydroxylation sites is 1.